The Balaban J connectivity index is 2.14. The summed E-state index contributed by atoms with van der Waals surface area (Å²) in [4.78, 5) is 4.30. The summed E-state index contributed by atoms with van der Waals surface area (Å²) < 4.78 is 17.9. The molecule has 2 rings (SSSR count). The average Bonchev–Trinajstić information content (AvgIpc) is 2.71. The maximum absolute atomic E-state index is 13.7. The van der Waals surface area contributed by atoms with Crippen molar-refractivity contribution in [1.29, 1.82) is 0 Å². The van der Waals surface area contributed by atoms with Gasteiger partial charge in [-0.1, -0.05) is 23.7 Å². The van der Waals surface area contributed by atoms with Crippen LogP contribution in [0.1, 0.15) is 25.2 Å². The molecular formula is C12H13ClFN3S. The number of nitrogens with zero attached hydrogens (tertiary/aromatic N) is 2. The molecular weight excluding hydrogens is 273 g/mol. The number of rotatable bonds is 4. The van der Waals surface area contributed by atoms with E-state index < -0.39 is 5.82 Å². The van der Waals surface area contributed by atoms with Gasteiger partial charge in [0.05, 0.1) is 5.02 Å². The molecule has 96 valence electrons. The van der Waals surface area contributed by atoms with E-state index >= 15 is 0 Å². The normalized spacial score (nSPS) is 10.9. The van der Waals surface area contributed by atoms with Gasteiger partial charge < -0.3 is 5.32 Å². The first-order chi connectivity index (χ1) is 8.56. The molecule has 18 heavy (non-hydrogen) atoms. The molecule has 0 aliphatic heterocycles. The van der Waals surface area contributed by atoms with Crippen LogP contribution in [0, 0.1) is 5.82 Å². The Bertz CT molecular complexity index is 542. The number of benzene rings is 1. The topological polar surface area (TPSA) is 37.8 Å². The highest BCUT2D eigenvalue weighted by atomic mass is 35.5. The maximum Gasteiger partial charge on any atom is 0.202 e. The van der Waals surface area contributed by atoms with E-state index in [-0.39, 0.29) is 5.02 Å². The predicted octanol–water partition coefficient (Wildman–Crippen LogP) is 3.74. The maximum atomic E-state index is 13.7. The van der Waals surface area contributed by atoms with E-state index in [0.29, 0.717) is 23.9 Å². The zero-order valence-corrected chi connectivity index (χ0v) is 11.6. The van der Waals surface area contributed by atoms with E-state index in [1.54, 1.807) is 12.1 Å². The molecule has 0 aliphatic carbocycles. The van der Waals surface area contributed by atoms with Crippen LogP contribution >= 0.6 is 23.1 Å². The Morgan fingerprint density at radius 1 is 1.44 bits per heavy atom. The van der Waals surface area contributed by atoms with Crippen LogP contribution in [-0.4, -0.2) is 15.4 Å². The van der Waals surface area contributed by atoms with Gasteiger partial charge in [0.2, 0.25) is 5.13 Å². The molecule has 0 bridgehead atoms. The minimum atomic E-state index is -0.396. The second kappa shape index (κ2) is 5.63. The molecule has 0 radical (unpaired) electrons. The van der Waals surface area contributed by atoms with E-state index in [9.17, 15) is 4.39 Å². The lowest BCUT2D eigenvalue weighted by molar-refractivity contribution is 0.613. The van der Waals surface area contributed by atoms with Crippen LogP contribution in [0.15, 0.2) is 18.2 Å². The summed E-state index contributed by atoms with van der Waals surface area (Å²) in [6.45, 7) is 4.05. The van der Waals surface area contributed by atoms with Gasteiger partial charge >= 0.3 is 0 Å². The van der Waals surface area contributed by atoms with Gasteiger partial charge in [-0.2, -0.15) is 4.37 Å². The molecule has 2 aromatic rings. The molecule has 0 saturated heterocycles. The van der Waals surface area contributed by atoms with Crippen molar-refractivity contribution >= 4 is 28.3 Å². The van der Waals surface area contributed by atoms with Crippen molar-refractivity contribution in [3.05, 3.63) is 40.4 Å². The number of anilines is 1. The largest absolute Gasteiger partial charge is 0.358 e. The second-order valence-electron chi connectivity index (χ2n) is 4.20. The van der Waals surface area contributed by atoms with E-state index in [4.69, 9.17) is 11.6 Å². The lowest BCUT2D eigenvalue weighted by Gasteiger charge is -2.04. The first-order valence-electron chi connectivity index (χ1n) is 5.58. The average molecular weight is 286 g/mol. The highest BCUT2D eigenvalue weighted by molar-refractivity contribution is 7.09. The van der Waals surface area contributed by atoms with Gasteiger partial charge in [-0.25, -0.2) is 9.37 Å². The molecule has 0 amide bonds. The second-order valence-corrected chi connectivity index (χ2v) is 5.36. The standard InChI is InChI=1S/C12H13ClFN3S/c1-7(2)15-12-16-10(17-18-12)6-8-4-3-5-9(13)11(8)14/h3-5,7H,6H2,1-2H3,(H,15,16,17). The molecule has 0 unspecified atom stereocenters. The van der Waals surface area contributed by atoms with Crippen molar-refractivity contribution in [2.45, 2.75) is 26.3 Å². The fourth-order valence-electron chi connectivity index (χ4n) is 1.49. The SMILES string of the molecule is CC(C)Nc1nc(Cc2cccc(Cl)c2F)ns1. The summed E-state index contributed by atoms with van der Waals surface area (Å²) in [7, 11) is 0. The highest BCUT2D eigenvalue weighted by Gasteiger charge is 2.10. The molecule has 0 fully saturated rings. The Kier molecular flexibility index (Phi) is 4.14. The van der Waals surface area contributed by atoms with Crippen LogP contribution in [0.25, 0.3) is 0 Å². The molecule has 3 nitrogen and oxygen atoms in total. The van der Waals surface area contributed by atoms with Gasteiger partial charge in [0.1, 0.15) is 11.6 Å². The van der Waals surface area contributed by atoms with E-state index in [1.165, 1.54) is 17.6 Å². The molecule has 1 aromatic heterocycles. The minimum Gasteiger partial charge on any atom is -0.358 e. The first-order valence-corrected chi connectivity index (χ1v) is 6.73. The number of aromatic nitrogens is 2. The Morgan fingerprint density at radius 2 is 2.22 bits per heavy atom. The minimum absolute atomic E-state index is 0.128. The lowest BCUT2D eigenvalue weighted by atomic mass is 10.1. The number of hydrogen-bond donors (Lipinski definition) is 1. The van der Waals surface area contributed by atoms with Gasteiger partial charge in [-0.3, -0.25) is 0 Å². The number of nitrogens with one attached hydrogen (secondary N) is 1. The summed E-state index contributed by atoms with van der Waals surface area (Å²) in [6.07, 6.45) is 0.350. The quantitative estimate of drug-likeness (QED) is 0.930. The zero-order chi connectivity index (χ0) is 13.1. The van der Waals surface area contributed by atoms with Crippen molar-refractivity contribution in [3.63, 3.8) is 0 Å². The summed E-state index contributed by atoms with van der Waals surface area (Å²) >= 11 is 7.01. The molecule has 6 heteroatoms. The van der Waals surface area contributed by atoms with E-state index in [0.717, 1.165) is 5.13 Å². The molecule has 1 N–H and O–H groups in total. The summed E-state index contributed by atoms with van der Waals surface area (Å²) in [6, 6.07) is 5.24. The number of hydrogen-bond acceptors (Lipinski definition) is 4. The monoisotopic (exact) mass is 285 g/mol. The Labute approximate surface area is 114 Å². The summed E-state index contributed by atoms with van der Waals surface area (Å²) in [5.41, 5.74) is 0.511. The van der Waals surface area contributed by atoms with Gasteiger partial charge in [-0.15, -0.1) is 0 Å². The van der Waals surface area contributed by atoms with Crippen LogP contribution in [0.2, 0.25) is 5.02 Å². The third-order valence-corrected chi connectivity index (χ3v) is 3.24. The predicted molar refractivity (Wildman–Crippen MR) is 72.9 cm³/mol. The van der Waals surface area contributed by atoms with Gasteiger partial charge in [0, 0.05) is 24.0 Å². The van der Waals surface area contributed by atoms with Crippen molar-refractivity contribution < 1.29 is 4.39 Å². The highest BCUT2D eigenvalue weighted by Crippen LogP contribution is 2.21. The van der Waals surface area contributed by atoms with Crippen LogP contribution in [0.5, 0.6) is 0 Å². The summed E-state index contributed by atoms with van der Waals surface area (Å²) in [5.74, 6) is 0.205. The van der Waals surface area contributed by atoms with E-state index in [1.807, 2.05) is 13.8 Å². The van der Waals surface area contributed by atoms with Crippen LogP contribution in [0.3, 0.4) is 0 Å². The van der Waals surface area contributed by atoms with Crippen molar-refractivity contribution in [2.75, 3.05) is 5.32 Å². The molecule has 0 aliphatic rings. The molecule has 1 aromatic carbocycles. The number of halogens is 2. The van der Waals surface area contributed by atoms with Gasteiger partial charge in [-0.05, 0) is 25.5 Å². The third kappa shape index (κ3) is 3.17. The van der Waals surface area contributed by atoms with Crippen LogP contribution in [-0.2, 0) is 6.42 Å². The van der Waals surface area contributed by atoms with Gasteiger partial charge in [0.25, 0.3) is 0 Å². The molecule has 0 spiro atoms. The smallest absolute Gasteiger partial charge is 0.202 e. The Morgan fingerprint density at radius 3 is 2.94 bits per heavy atom. The van der Waals surface area contributed by atoms with Gasteiger partial charge in [0.15, 0.2) is 0 Å². The van der Waals surface area contributed by atoms with Crippen molar-refractivity contribution in [1.82, 2.24) is 9.36 Å². The molecule has 1 heterocycles. The molecule has 0 saturated carbocycles. The third-order valence-electron chi connectivity index (χ3n) is 2.26. The fourth-order valence-corrected chi connectivity index (χ4v) is 2.41. The lowest BCUT2D eigenvalue weighted by Crippen LogP contribution is -2.09. The fraction of sp³-hybridized carbons (Fsp3) is 0.333. The van der Waals surface area contributed by atoms with Crippen molar-refractivity contribution in [3.8, 4) is 0 Å². The first kappa shape index (κ1) is 13.2. The zero-order valence-electron chi connectivity index (χ0n) is 10.1. The van der Waals surface area contributed by atoms with Crippen molar-refractivity contribution in [2.24, 2.45) is 0 Å². The van der Waals surface area contributed by atoms with E-state index in [2.05, 4.69) is 14.7 Å². The van der Waals surface area contributed by atoms with Crippen LogP contribution in [0.4, 0.5) is 9.52 Å². The summed E-state index contributed by atoms with van der Waals surface area (Å²) in [5, 5.41) is 4.04. The Hall–Kier alpha value is -1.20. The molecule has 0 atom stereocenters. The van der Waals surface area contributed by atoms with Crippen LogP contribution < -0.4 is 5.32 Å².